The molecule has 0 saturated heterocycles. The summed E-state index contributed by atoms with van der Waals surface area (Å²) in [5.74, 6) is 1.39. The van der Waals surface area contributed by atoms with Gasteiger partial charge < -0.3 is 15.0 Å². The minimum absolute atomic E-state index is 0.0723. The van der Waals surface area contributed by atoms with Gasteiger partial charge in [0.1, 0.15) is 5.75 Å². The van der Waals surface area contributed by atoms with E-state index in [0.717, 1.165) is 30.7 Å². The van der Waals surface area contributed by atoms with E-state index in [9.17, 15) is 4.79 Å². The Morgan fingerprint density at radius 1 is 1.41 bits per heavy atom. The van der Waals surface area contributed by atoms with Gasteiger partial charge in [-0.3, -0.25) is 4.79 Å². The minimum Gasteiger partial charge on any atom is -0.497 e. The van der Waals surface area contributed by atoms with Gasteiger partial charge in [-0.25, -0.2) is 0 Å². The number of benzene rings is 1. The molecule has 1 aromatic carbocycles. The van der Waals surface area contributed by atoms with E-state index in [2.05, 4.69) is 22.4 Å². The van der Waals surface area contributed by atoms with E-state index in [4.69, 9.17) is 4.74 Å². The SMILES string of the molecule is COc1ccc2c(c1)CCCC2CNC(=O)Cc1ccc[nH]1. The van der Waals surface area contributed by atoms with E-state index in [1.165, 1.54) is 11.1 Å². The van der Waals surface area contributed by atoms with E-state index >= 15 is 0 Å². The number of rotatable bonds is 5. The molecule has 1 aliphatic carbocycles. The maximum absolute atomic E-state index is 12.0. The first-order chi connectivity index (χ1) is 10.8. The zero-order valence-electron chi connectivity index (χ0n) is 12.9. The molecule has 1 atom stereocenters. The summed E-state index contributed by atoms with van der Waals surface area (Å²) in [6, 6.07) is 10.1. The number of hydrogen-bond donors (Lipinski definition) is 2. The lowest BCUT2D eigenvalue weighted by Gasteiger charge is -2.26. The maximum atomic E-state index is 12.0. The van der Waals surface area contributed by atoms with Gasteiger partial charge in [0.2, 0.25) is 5.91 Å². The number of methoxy groups -OCH3 is 1. The first-order valence-corrected chi connectivity index (χ1v) is 7.82. The monoisotopic (exact) mass is 298 g/mol. The highest BCUT2D eigenvalue weighted by molar-refractivity contribution is 5.78. The second-order valence-corrected chi connectivity index (χ2v) is 5.83. The molecule has 0 spiro atoms. The summed E-state index contributed by atoms with van der Waals surface area (Å²) in [7, 11) is 1.70. The number of amides is 1. The standard InChI is InChI=1S/C18H22N2O2/c1-22-16-7-8-17-13(10-16)4-2-5-14(17)12-20-18(21)11-15-6-3-9-19-15/h3,6-10,14,19H,2,4-5,11-12H2,1H3,(H,20,21). The zero-order valence-corrected chi connectivity index (χ0v) is 12.9. The van der Waals surface area contributed by atoms with E-state index in [-0.39, 0.29) is 5.91 Å². The van der Waals surface area contributed by atoms with Crippen molar-refractivity contribution in [2.75, 3.05) is 13.7 Å². The lowest BCUT2D eigenvalue weighted by Crippen LogP contribution is -2.31. The Labute approximate surface area is 130 Å². The van der Waals surface area contributed by atoms with Gasteiger partial charge in [-0.2, -0.15) is 0 Å². The fourth-order valence-corrected chi connectivity index (χ4v) is 3.18. The summed E-state index contributed by atoms with van der Waals surface area (Å²) in [6.07, 6.45) is 5.64. The molecule has 1 amide bonds. The van der Waals surface area contributed by atoms with Crippen LogP contribution in [0.1, 0.15) is 35.6 Å². The number of H-pyrrole nitrogens is 1. The molecule has 0 fully saturated rings. The van der Waals surface area contributed by atoms with Crippen LogP contribution in [0.5, 0.6) is 5.75 Å². The summed E-state index contributed by atoms with van der Waals surface area (Å²) in [5.41, 5.74) is 3.66. The van der Waals surface area contributed by atoms with E-state index < -0.39 is 0 Å². The number of aryl methyl sites for hydroxylation is 1. The fourth-order valence-electron chi connectivity index (χ4n) is 3.18. The predicted molar refractivity (Wildman–Crippen MR) is 86.2 cm³/mol. The van der Waals surface area contributed by atoms with Crippen molar-refractivity contribution in [1.82, 2.24) is 10.3 Å². The van der Waals surface area contributed by atoms with Crippen LogP contribution in [0, 0.1) is 0 Å². The number of carbonyl (C=O) groups excluding carboxylic acids is 1. The van der Waals surface area contributed by atoms with E-state index in [1.54, 1.807) is 7.11 Å². The molecule has 1 heterocycles. The van der Waals surface area contributed by atoms with Crippen molar-refractivity contribution in [1.29, 1.82) is 0 Å². The lowest BCUT2D eigenvalue weighted by molar-refractivity contribution is -0.120. The highest BCUT2D eigenvalue weighted by atomic mass is 16.5. The molecule has 4 nitrogen and oxygen atoms in total. The van der Waals surface area contributed by atoms with E-state index in [1.807, 2.05) is 24.4 Å². The molecule has 3 rings (SSSR count). The summed E-state index contributed by atoms with van der Waals surface area (Å²) in [4.78, 5) is 15.1. The molecule has 0 radical (unpaired) electrons. The van der Waals surface area contributed by atoms with Gasteiger partial charge in [0.05, 0.1) is 13.5 Å². The molecule has 1 aromatic heterocycles. The van der Waals surface area contributed by atoms with Gasteiger partial charge in [0, 0.05) is 24.4 Å². The van der Waals surface area contributed by atoms with Gasteiger partial charge in [-0.15, -0.1) is 0 Å². The van der Waals surface area contributed by atoms with E-state index in [0.29, 0.717) is 18.9 Å². The molecular formula is C18H22N2O2. The highest BCUT2D eigenvalue weighted by Gasteiger charge is 2.21. The number of aromatic nitrogens is 1. The van der Waals surface area contributed by atoms with Crippen LogP contribution in [0.4, 0.5) is 0 Å². The quantitative estimate of drug-likeness (QED) is 0.892. The Hall–Kier alpha value is -2.23. The third-order valence-corrected chi connectivity index (χ3v) is 4.35. The Kier molecular flexibility index (Phi) is 4.47. The zero-order chi connectivity index (χ0) is 15.4. The van der Waals surface area contributed by atoms with Crippen LogP contribution in [0.3, 0.4) is 0 Å². The number of ether oxygens (including phenoxy) is 1. The second-order valence-electron chi connectivity index (χ2n) is 5.83. The summed E-state index contributed by atoms with van der Waals surface area (Å²) < 4.78 is 5.30. The lowest BCUT2D eigenvalue weighted by atomic mass is 9.82. The first-order valence-electron chi connectivity index (χ1n) is 7.82. The number of aromatic amines is 1. The first kappa shape index (κ1) is 14.7. The molecule has 0 bridgehead atoms. The average molecular weight is 298 g/mol. The minimum atomic E-state index is 0.0723. The molecule has 2 N–H and O–H groups in total. The number of carbonyl (C=O) groups is 1. The van der Waals surface area contributed by atoms with Crippen molar-refractivity contribution in [3.8, 4) is 5.75 Å². The van der Waals surface area contributed by atoms with Crippen molar-refractivity contribution in [3.05, 3.63) is 53.3 Å². The average Bonchev–Trinajstić information content (AvgIpc) is 3.05. The molecule has 1 unspecified atom stereocenters. The Morgan fingerprint density at radius 3 is 3.09 bits per heavy atom. The van der Waals surface area contributed by atoms with Gasteiger partial charge >= 0.3 is 0 Å². The number of hydrogen-bond acceptors (Lipinski definition) is 2. The second kappa shape index (κ2) is 6.69. The molecule has 1 aliphatic rings. The molecule has 116 valence electrons. The van der Waals surface area contributed by atoms with Crippen molar-refractivity contribution in [3.63, 3.8) is 0 Å². The Morgan fingerprint density at radius 2 is 2.32 bits per heavy atom. The van der Waals surface area contributed by atoms with Crippen LogP contribution in [0.2, 0.25) is 0 Å². The van der Waals surface area contributed by atoms with Crippen LogP contribution in [-0.2, 0) is 17.6 Å². The number of fused-ring (bicyclic) bond motifs is 1. The Bertz CT molecular complexity index is 635. The molecule has 4 heteroatoms. The van der Waals surface area contributed by atoms with Gasteiger partial charge in [0.15, 0.2) is 0 Å². The summed E-state index contributed by atoms with van der Waals surface area (Å²) in [6.45, 7) is 0.707. The Balaban J connectivity index is 1.61. The van der Waals surface area contributed by atoms with Crippen LogP contribution in [0.25, 0.3) is 0 Å². The van der Waals surface area contributed by atoms with Crippen molar-refractivity contribution in [2.45, 2.75) is 31.6 Å². The van der Waals surface area contributed by atoms with Crippen LogP contribution >= 0.6 is 0 Å². The van der Waals surface area contributed by atoms with Gasteiger partial charge in [-0.05, 0) is 54.7 Å². The maximum Gasteiger partial charge on any atom is 0.225 e. The molecule has 22 heavy (non-hydrogen) atoms. The predicted octanol–water partition coefficient (Wildman–Crippen LogP) is 2.80. The third kappa shape index (κ3) is 3.32. The molecule has 2 aromatic rings. The van der Waals surface area contributed by atoms with Crippen molar-refractivity contribution < 1.29 is 9.53 Å². The van der Waals surface area contributed by atoms with Gasteiger partial charge in [-0.1, -0.05) is 6.07 Å². The summed E-state index contributed by atoms with van der Waals surface area (Å²) in [5, 5.41) is 3.07. The largest absolute Gasteiger partial charge is 0.497 e. The molecular weight excluding hydrogens is 276 g/mol. The fraction of sp³-hybridized carbons (Fsp3) is 0.389. The van der Waals surface area contributed by atoms with Crippen LogP contribution in [-0.4, -0.2) is 24.5 Å². The molecule has 0 saturated carbocycles. The van der Waals surface area contributed by atoms with Crippen LogP contribution < -0.4 is 10.1 Å². The normalized spacial score (nSPS) is 16.9. The number of nitrogens with one attached hydrogen (secondary N) is 2. The van der Waals surface area contributed by atoms with Crippen molar-refractivity contribution in [2.24, 2.45) is 0 Å². The topological polar surface area (TPSA) is 54.1 Å². The highest BCUT2D eigenvalue weighted by Crippen LogP contribution is 2.33. The third-order valence-electron chi connectivity index (χ3n) is 4.35. The van der Waals surface area contributed by atoms with Crippen LogP contribution in [0.15, 0.2) is 36.5 Å². The molecule has 0 aliphatic heterocycles. The van der Waals surface area contributed by atoms with Crippen molar-refractivity contribution >= 4 is 5.91 Å². The van der Waals surface area contributed by atoms with Gasteiger partial charge in [0.25, 0.3) is 0 Å². The smallest absolute Gasteiger partial charge is 0.225 e. The summed E-state index contributed by atoms with van der Waals surface area (Å²) >= 11 is 0.